The second-order valence-electron chi connectivity index (χ2n) is 5.77. The van der Waals surface area contributed by atoms with E-state index in [9.17, 15) is 4.79 Å². The van der Waals surface area contributed by atoms with Crippen LogP contribution in [0.3, 0.4) is 0 Å². The Labute approximate surface area is 103 Å². The first-order valence-electron chi connectivity index (χ1n) is 6.17. The smallest absolute Gasteiger partial charge is 0.407 e. The highest BCUT2D eigenvalue weighted by Crippen LogP contribution is 2.20. The molecule has 100 valence electrons. The Kier molecular flexibility index (Phi) is 4.77. The standard InChI is InChI=1S/C12H24N2O3/c1-8(15)7-13-9-5-10(6-9)14-11(16)17-12(2,3)4/h8-10,13,15H,5-7H2,1-4H3,(H,14,16). The molecule has 1 amide bonds. The highest BCUT2D eigenvalue weighted by molar-refractivity contribution is 5.68. The molecule has 5 heteroatoms. The second-order valence-corrected chi connectivity index (χ2v) is 5.77. The van der Waals surface area contributed by atoms with Crippen LogP contribution >= 0.6 is 0 Å². The number of carbonyl (C=O) groups excluding carboxylic acids is 1. The quantitative estimate of drug-likeness (QED) is 0.690. The number of nitrogens with one attached hydrogen (secondary N) is 2. The molecular weight excluding hydrogens is 220 g/mol. The van der Waals surface area contributed by atoms with Crippen LogP contribution in [-0.4, -0.2) is 41.5 Å². The third-order valence-corrected chi connectivity index (χ3v) is 2.56. The molecule has 1 saturated carbocycles. The fourth-order valence-electron chi connectivity index (χ4n) is 1.71. The lowest BCUT2D eigenvalue weighted by Crippen LogP contribution is -2.54. The van der Waals surface area contributed by atoms with Crippen molar-refractivity contribution in [2.75, 3.05) is 6.54 Å². The fraction of sp³-hybridized carbons (Fsp3) is 0.917. The predicted molar refractivity (Wildman–Crippen MR) is 65.9 cm³/mol. The normalized spacial score (nSPS) is 25.9. The summed E-state index contributed by atoms with van der Waals surface area (Å²) >= 11 is 0. The summed E-state index contributed by atoms with van der Waals surface area (Å²) in [4.78, 5) is 11.4. The van der Waals surface area contributed by atoms with Gasteiger partial charge in [-0.25, -0.2) is 4.79 Å². The van der Waals surface area contributed by atoms with Crippen LogP contribution in [0.5, 0.6) is 0 Å². The lowest BCUT2D eigenvalue weighted by Gasteiger charge is -2.37. The van der Waals surface area contributed by atoms with Crippen LogP contribution in [0.15, 0.2) is 0 Å². The molecule has 17 heavy (non-hydrogen) atoms. The molecule has 3 N–H and O–H groups in total. The first-order valence-corrected chi connectivity index (χ1v) is 6.17. The topological polar surface area (TPSA) is 70.6 Å². The number of aliphatic hydroxyl groups excluding tert-OH is 1. The van der Waals surface area contributed by atoms with Crippen molar-refractivity contribution in [2.24, 2.45) is 0 Å². The van der Waals surface area contributed by atoms with Crippen molar-refractivity contribution in [3.05, 3.63) is 0 Å². The summed E-state index contributed by atoms with van der Waals surface area (Å²) in [5.74, 6) is 0. The molecule has 0 aromatic carbocycles. The lowest BCUT2D eigenvalue weighted by atomic mass is 9.87. The van der Waals surface area contributed by atoms with Gasteiger partial charge in [-0.1, -0.05) is 0 Å². The van der Waals surface area contributed by atoms with Gasteiger partial charge in [-0.2, -0.15) is 0 Å². The molecule has 1 atom stereocenters. The molecule has 0 heterocycles. The maximum atomic E-state index is 11.4. The Morgan fingerprint density at radius 3 is 2.47 bits per heavy atom. The summed E-state index contributed by atoms with van der Waals surface area (Å²) in [5.41, 5.74) is -0.447. The molecule has 0 bridgehead atoms. The van der Waals surface area contributed by atoms with E-state index in [2.05, 4.69) is 10.6 Å². The molecule has 0 aromatic rings. The van der Waals surface area contributed by atoms with Crippen molar-refractivity contribution < 1.29 is 14.6 Å². The fourth-order valence-corrected chi connectivity index (χ4v) is 1.71. The molecule has 5 nitrogen and oxygen atoms in total. The molecule has 1 aliphatic rings. The van der Waals surface area contributed by atoms with Crippen molar-refractivity contribution >= 4 is 6.09 Å². The summed E-state index contributed by atoms with van der Waals surface area (Å²) in [7, 11) is 0. The highest BCUT2D eigenvalue weighted by atomic mass is 16.6. The Balaban J connectivity index is 2.11. The summed E-state index contributed by atoms with van der Waals surface area (Å²) in [5, 5.41) is 15.2. The maximum Gasteiger partial charge on any atom is 0.407 e. The molecular formula is C12H24N2O3. The number of carbonyl (C=O) groups is 1. The van der Waals surface area contributed by atoms with E-state index in [0.29, 0.717) is 12.6 Å². The largest absolute Gasteiger partial charge is 0.444 e. The zero-order valence-electron chi connectivity index (χ0n) is 11.1. The number of hydrogen-bond donors (Lipinski definition) is 3. The van der Waals surface area contributed by atoms with Crippen LogP contribution < -0.4 is 10.6 Å². The number of alkyl carbamates (subject to hydrolysis) is 1. The monoisotopic (exact) mass is 244 g/mol. The zero-order valence-corrected chi connectivity index (χ0v) is 11.1. The van der Waals surface area contributed by atoms with Crippen molar-refractivity contribution in [1.29, 1.82) is 0 Å². The van der Waals surface area contributed by atoms with Crippen LogP contribution in [-0.2, 0) is 4.74 Å². The summed E-state index contributed by atoms with van der Waals surface area (Å²) in [6, 6.07) is 0.584. The van der Waals surface area contributed by atoms with E-state index in [1.165, 1.54) is 0 Å². The molecule has 0 radical (unpaired) electrons. The molecule has 0 aromatic heterocycles. The predicted octanol–water partition coefficient (Wildman–Crippen LogP) is 1.01. The molecule has 1 rings (SSSR count). The first-order chi connectivity index (χ1) is 7.76. The van der Waals surface area contributed by atoms with Crippen LogP contribution in [0.4, 0.5) is 4.79 Å². The van der Waals surface area contributed by atoms with Crippen LogP contribution in [0, 0.1) is 0 Å². The third kappa shape index (κ3) is 5.89. The van der Waals surface area contributed by atoms with E-state index in [-0.39, 0.29) is 18.2 Å². The van der Waals surface area contributed by atoms with Crippen LogP contribution in [0.25, 0.3) is 0 Å². The minimum Gasteiger partial charge on any atom is -0.444 e. The van der Waals surface area contributed by atoms with Gasteiger partial charge in [0.15, 0.2) is 0 Å². The van der Waals surface area contributed by atoms with Crippen molar-refractivity contribution in [2.45, 2.75) is 64.3 Å². The molecule has 0 spiro atoms. The summed E-state index contributed by atoms with van der Waals surface area (Å²) in [6.07, 6.45) is 1.11. The van der Waals surface area contributed by atoms with Gasteiger partial charge in [-0.3, -0.25) is 0 Å². The third-order valence-electron chi connectivity index (χ3n) is 2.56. The number of rotatable bonds is 4. The average Bonchev–Trinajstić information content (AvgIpc) is 2.04. The minimum absolute atomic E-state index is 0.191. The number of ether oxygens (including phenoxy) is 1. The van der Waals surface area contributed by atoms with Crippen molar-refractivity contribution in [3.63, 3.8) is 0 Å². The Morgan fingerprint density at radius 2 is 2.00 bits per heavy atom. The first kappa shape index (κ1) is 14.3. The SMILES string of the molecule is CC(O)CNC1CC(NC(=O)OC(C)(C)C)C1. The van der Waals surface area contributed by atoms with Gasteiger partial charge in [-0.05, 0) is 40.5 Å². The van der Waals surface area contributed by atoms with Gasteiger partial charge in [0.1, 0.15) is 5.60 Å². The van der Waals surface area contributed by atoms with E-state index in [1.807, 2.05) is 20.8 Å². The molecule has 1 unspecified atom stereocenters. The van der Waals surface area contributed by atoms with Crippen molar-refractivity contribution in [1.82, 2.24) is 10.6 Å². The van der Waals surface area contributed by atoms with Gasteiger partial charge in [0.2, 0.25) is 0 Å². The minimum atomic E-state index is -0.447. The lowest BCUT2D eigenvalue weighted by molar-refractivity contribution is 0.0461. The van der Waals surface area contributed by atoms with Gasteiger partial charge >= 0.3 is 6.09 Å². The molecule has 1 fully saturated rings. The number of aliphatic hydroxyl groups is 1. The number of hydrogen-bond acceptors (Lipinski definition) is 4. The van der Waals surface area contributed by atoms with E-state index >= 15 is 0 Å². The molecule has 0 saturated heterocycles. The van der Waals surface area contributed by atoms with E-state index in [1.54, 1.807) is 6.92 Å². The molecule has 0 aliphatic heterocycles. The van der Waals surface area contributed by atoms with Crippen LogP contribution in [0.1, 0.15) is 40.5 Å². The van der Waals surface area contributed by atoms with Gasteiger partial charge in [0.25, 0.3) is 0 Å². The Morgan fingerprint density at radius 1 is 1.41 bits per heavy atom. The second kappa shape index (κ2) is 5.69. The maximum absolute atomic E-state index is 11.4. The van der Waals surface area contributed by atoms with E-state index < -0.39 is 5.60 Å². The average molecular weight is 244 g/mol. The number of amides is 1. The van der Waals surface area contributed by atoms with Crippen LogP contribution in [0.2, 0.25) is 0 Å². The van der Waals surface area contributed by atoms with Gasteiger partial charge in [0.05, 0.1) is 6.10 Å². The van der Waals surface area contributed by atoms with Crippen molar-refractivity contribution in [3.8, 4) is 0 Å². The summed E-state index contributed by atoms with van der Waals surface area (Å²) < 4.78 is 5.17. The molecule has 1 aliphatic carbocycles. The van der Waals surface area contributed by atoms with Gasteiger partial charge in [0, 0.05) is 18.6 Å². The van der Waals surface area contributed by atoms with Gasteiger partial charge in [-0.15, -0.1) is 0 Å². The Hall–Kier alpha value is -0.810. The Bertz CT molecular complexity index is 255. The summed E-state index contributed by atoms with van der Waals surface area (Å²) in [6.45, 7) is 7.90. The van der Waals surface area contributed by atoms with E-state index in [4.69, 9.17) is 9.84 Å². The van der Waals surface area contributed by atoms with E-state index in [0.717, 1.165) is 12.8 Å². The zero-order chi connectivity index (χ0) is 13.1. The van der Waals surface area contributed by atoms with Gasteiger partial charge < -0.3 is 20.5 Å². The highest BCUT2D eigenvalue weighted by Gasteiger charge is 2.31.